The number of benzene rings is 1. The van der Waals surface area contributed by atoms with E-state index in [1.165, 1.54) is 0 Å². The van der Waals surface area contributed by atoms with Gasteiger partial charge in [-0.2, -0.15) is 13.2 Å². The van der Waals surface area contributed by atoms with Gasteiger partial charge in [0.15, 0.2) is 0 Å². The molecule has 0 saturated carbocycles. The van der Waals surface area contributed by atoms with Gasteiger partial charge >= 0.3 is 6.18 Å². The molecule has 0 unspecified atom stereocenters. The van der Waals surface area contributed by atoms with E-state index in [-0.39, 0.29) is 13.0 Å². The Labute approximate surface area is 112 Å². The molecular weight excluding hydrogens is 255 g/mol. The number of hydrogen-bond donors (Lipinski definition) is 1. The molecule has 2 nitrogen and oxygen atoms in total. The maximum Gasteiger partial charge on any atom is 0.389 e. The number of hydrogen-bond acceptors (Lipinski definition) is 2. The number of halogens is 3. The van der Waals surface area contributed by atoms with Crippen molar-refractivity contribution in [3.63, 3.8) is 0 Å². The highest BCUT2D eigenvalue weighted by Crippen LogP contribution is 2.22. The quantitative estimate of drug-likeness (QED) is 0.762. The van der Waals surface area contributed by atoms with Crippen molar-refractivity contribution in [3.05, 3.63) is 29.8 Å². The van der Waals surface area contributed by atoms with Gasteiger partial charge in [0.25, 0.3) is 0 Å². The fourth-order valence-corrected chi connectivity index (χ4v) is 1.56. The largest absolute Gasteiger partial charge is 0.493 e. The number of rotatable bonds is 7. The first-order valence-corrected chi connectivity index (χ1v) is 6.39. The standard InChI is InChI=1S/C14H20F3NO/c1-11(2)18-10-12-6-3-4-7-13(12)19-9-5-8-14(15,16)17/h3-4,6-7,11,18H,5,8-10H2,1-2H3. The number of para-hydroxylation sites is 1. The van der Waals surface area contributed by atoms with Crippen LogP contribution in [0.5, 0.6) is 5.75 Å². The molecule has 0 heterocycles. The molecule has 0 amide bonds. The Balaban J connectivity index is 2.44. The van der Waals surface area contributed by atoms with E-state index >= 15 is 0 Å². The van der Waals surface area contributed by atoms with Gasteiger partial charge in [0.2, 0.25) is 0 Å². The van der Waals surface area contributed by atoms with Crippen LogP contribution in [0, 0.1) is 0 Å². The molecule has 0 saturated heterocycles. The van der Waals surface area contributed by atoms with Crippen molar-refractivity contribution >= 4 is 0 Å². The van der Waals surface area contributed by atoms with Gasteiger partial charge in [-0.15, -0.1) is 0 Å². The Morgan fingerprint density at radius 3 is 2.53 bits per heavy atom. The second-order valence-corrected chi connectivity index (χ2v) is 4.71. The molecule has 0 spiro atoms. The second kappa shape index (κ2) is 7.38. The van der Waals surface area contributed by atoms with E-state index in [1.54, 1.807) is 6.07 Å². The Morgan fingerprint density at radius 1 is 1.21 bits per heavy atom. The molecule has 0 aliphatic rings. The van der Waals surface area contributed by atoms with Crippen LogP contribution < -0.4 is 10.1 Å². The van der Waals surface area contributed by atoms with Crippen LogP contribution in [0.4, 0.5) is 13.2 Å². The van der Waals surface area contributed by atoms with Crippen LogP contribution in [0.2, 0.25) is 0 Å². The van der Waals surface area contributed by atoms with E-state index in [9.17, 15) is 13.2 Å². The zero-order valence-corrected chi connectivity index (χ0v) is 11.3. The summed E-state index contributed by atoms with van der Waals surface area (Å²) < 4.78 is 41.4. The first kappa shape index (κ1) is 15.8. The molecule has 0 radical (unpaired) electrons. The highest BCUT2D eigenvalue weighted by atomic mass is 19.4. The summed E-state index contributed by atoms with van der Waals surface area (Å²) in [5.74, 6) is 0.651. The summed E-state index contributed by atoms with van der Waals surface area (Å²) in [5, 5.41) is 3.26. The molecule has 1 aromatic carbocycles. The molecule has 1 N–H and O–H groups in total. The zero-order valence-electron chi connectivity index (χ0n) is 11.3. The van der Waals surface area contributed by atoms with Gasteiger partial charge in [0, 0.05) is 24.6 Å². The van der Waals surface area contributed by atoms with Crippen LogP contribution in [0.3, 0.4) is 0 Å². The predicted molar refractivity (Wildman–Crippen MR) is 69.2 cm³/mol. The van der Waals surface area contributed by atoms with E-state index in [0.717, 1.165) is 5.56 Å². The van der Waals surface area contributed by atoms with E-state index in [1.807, 2.05) is 32.0 Å². The van der Waals surface area contributed by atoms with Crippen molar-refractivity contribution in [2.24, 2.45) is 0 Å². The molecular formula is C14H20F3NO. The molecule has 1 rings (SSSR count). The second-order valence-electron chi connectivity index (χ2n) is 4.71. The molecule has 0 fully saturated rings. The molecule has 108 valence electrons. The van der Waals surface area contributed by atoms with Crippen molar-refractivity contribution in [1.82, 2.24) is 5.32 Å². The molecule has 1 aromatic rings. The first-order valence-electron chi connectivity index (χ1n) is 6.39. The normalized spacial score (nSPS) is 11.9. The lowest BCUT2D eigenvalue weighted by Gasteiger charge is -2.14. The monoisotopic (exact) mass is 275 g/mol. The molecule has 0 bridgehead atoms. The Bertz CT molecular complexity index is 377. The van der Waals surface area contributed by atoms with Gasteiger partial charge in [-0.05, 0) is 12.5 Å². The molecule has 19 heavy (non-hydrogen) atoms. The number of nitrogens with one attached hydrogen (secondary N) is 1. The Kier molecular flexibility index (Phi) is 6.15. The molecule has 0 aliphatic carbocycles. The third-order valence-corrected chi connectivity index (χ3v) is 2.54. The van der Waals surface area contributed by atoms with Crippen LogP contribution in [-0.2, 0) is 6.54 Å². The summed E-state index contributed by atoms with van der Waals surface area (Å²) in [6, 6.07) is 7.75. The van der Waals surface area contributed by atoms with Crippen LogP contribution in [-0.4, -0.2) is 18.8 Å². The maximum absolute atomic E-state index is 12.0. The smallest absolute Gasteiger partial charge is 0.389 e. The molecule has 5 heteroatoms. The number of ether oxygens (including phenoxy) is 1. The average molecular weight is 275 g/mol. The average Bonchev–Trinajstić information content (AvgIpc) is 2.32. The van der Waals surface area contributed by atoms with Gasteiger partial charge in [-0.1, -0.05) is 32.0 Å². The highest BCUT2D eigenvalue weighted by molar-refractivity contribution is 5.33. The van der Waals surface area contributed by atoms with Crippen LogP contribution in [0.25, 0.3) is 0 Å². The lowest BCUT2D eigenvalue weighted by molar-refractivity contribution is -0.136. The summed E-state index contributed by atoms with van der Waals surface area (Å²) in [6.07, 6.45) is -4.93. The first-order chi connectivity index (χ1) is 8.88. The van der Waals surface area contributed by atoms with Crippen molar-refractivity contribution in [3.8, 4) is 5.75 Å². The predicted octanol–water partition coefficient (Wildman–Crippen LogP) is 3.91. The summed E-state index contributed by atoms with van der Waals surface area (Å²) >= 11 is 0. The topological polar surface area (TPSA) is 21.3 Å². The highest BCUT2D eigenvalue weighted by Gasteiger charge is 2.26. The van der Waals surface area contributed by atoms with Crippen molar-refractivity contribution in [2.75, 3.05) is 6.61 Å². The van der Waals surface area contributed by atoms with Gasteiger partial charge in [0.05, 0.1) is 6.61 Å². The summed E-state index contributed by atoms with van der Waals surface area (Å²) in [7, 11) is 0. The van der Waals surface area contributed by atoms with Gasteiger partial charge < -0.3 is 10.1 Å². The molecule has 0 aromatic heterocycles. The summed E-state index contributed by atoms with van der Waals surface area (Å²) in [5.41, 5.74) is 0.961. The SMILES string of the molecule is CC(C)NCc1ccccc1OCCCC(F)(F)F. The van der Waals surface area contributed by atoms with E-state index in [4.69, 9.17) is 4.74 Å². The Morgan fingerprint density at radius 2 is 1.89 bits per heavy atom. The molecule has 0 atom stereocenters. The van der Waals surface area contributed by atoms with E-state index in [2.05, 4.69) is 5.32 Å². The van der Waals surface area contributed by atoms with E-state index < -0.39 is 12.6 Å². The fourth-order valence-electron chi connectivity index (χ4n) is 1.56. The summed E-state index contributed by atoms with van der Waals surface area (Å²) in [6.45, 7) is 4.80. The minimum atomic E-state index is -4.11. The molecule has 0 aliphatic heterocycles. The van der Waals surface area contributed by atoms with Crippen molar-refractivity contribution in [1.29, 1.82) is 0 Å². The minimum Gasteiger partial charge on any atom is -0.493 e. The van der Waals surface area contributed by atoms with Gasteiger partial charge in [-0.3, -0.25) is 0 Å². The van der Waals surface area contributed by atoms with Gasteiger partial charge in [-0.25, -0.2) is 0 Å². The summed E-state index contributed by atoms with van der Waals surface area (Å²) in [4.78, 5) is 0. The maximum atomic E-state index is 12.0. The fraction of sp³-hybridized carbons (Fsp3) is 0.571. The van der Waals surface area contributed by atoms with Gasteiger partial charge in [0.1, 0.15) is 5.75 Å². The van der Waals surface area contributed by atoms with Crippen LogP contribution in [0.1, 0.15) is 32.3 Å². The Hall–Kier alpha value is -1.23. The van der Waals surface area contributed by atoms with E-state index in [0.29, 0.717) is 18.3 Å². The lowest BCUT2D eigenvalue weighted by Crippen LogP contribution is -2.22. The zero-order chi connectivity index (χ0) is 14.3. The third-order valence-electron chi connectivity index (χ3n) is 2.54. The van der Waals surface area contributed by atoms with Crippen LogP contribution in [0.15, 0.2) is 24.3 Å². The van der Waals surface area contributed by atoms with Crippen molar-refractivity contribution in [2.45, 2.75) is 45.5 Å². The minimum absolute atomic E-state index is 0.0184. The number of alkyl halides is 3. The lowest BCUT2D eigenvalue weighted by atomic mass is 10.2. The van der Waals surface area contributed by atoms with Crippen molar-refractivity contribution < 1.29 is 17.9 Å². The third kappa shape index (κ3) is 7.06. The van der Waals surface area contributed by atoms with Crippen LogP contribution >= 0.6 is 0 Å².